The lowest BCUT2D eigenvalue weighted by Crippen LogP contribution is -2.19. The van der Waals surface area contributed by atoms with Gasteiger partial charge in [0.2, 0.25) is 0 Å². The summed E-state index contributed by atoms with van der Waals surface area (Å²) < 4.78 is 7.09. The number of nitrogens with one attached hydrogen (secondary N) is 2. The van der Waals surface area contributed by atoms with Crippen LogP contribution in [0.4, 0.5) is 17.3 Å². The number of rotatable bonds is 7. The van der Waals surface area contributed by atoms with Gasteiger partial charge in [-0.2, -0.15) is 0 Å². The number of anilines is 3. The molecule has 8 nitrogen and oxygen atoms in total. The molecular formula is C23H18Cl3N5O3S. The highest BCUT2D eigenvalue weighted by molar-refractivity contribution is 7.13. The summed E-state index contributed by atoms with van der Waals surface area (Å²) in [5.41, 5.74) is 7.30. The smallest absolute Gasteiger partial charge is 0.267 e. The number of halogens is 3. The lowest BCUT2D eigenvalue weighted by atomic mass is 10.1. The molecule has 180 valence electrons. The van der Waals surface area contributed by atoms with Crippen LogP contribution >= 0.6 is 46.1 Å². The van der Waals surface area contributed by atoms with Crippen LogP contribution in [0.2, 0.25) is 15.1 Å². The van der Waals surface area contributed by atoms with Crippen LogP contribution in [0.1, 0.15) is 25.6 Å². The Balaban J connectivity index is 1.62. The van der Waals surface area contributed by atoms with Crippen LogP contribution in [0.15, 0.2) is 54.2 Å². The highest BCUT2D eigenvalue weighted by Gasteiger charge is 2.23. The molecule has 0 radical (unpaired) electrons. The Labute approximate surface area is 219 Å². The lowest BCUT2D eigenvalue weighted by molar-refractivity contribution is 0.102. The highest BCUT2D eigenvalue weighted by Crippen LogP contribution is 2.35. The van der Waals surface area contributed by atoms with E-state index in [0.717, 1.165) is 0 Å². The molecule has 35 heavy (non-hydrogen) atoms. The van der Waals surface area contributed by atoms with Crippen molar-refractivity contribution in [1.29, 1.82) is 0 Å². The third kappa shape index (κ3) is 5.54. The number of hydrogen-bond donors (Lipinski definition) is 3. The van der Waals surface area contributed by atoms with Gasteiger partial charge in [-0.15, -0.1) is 11.3 Å². The molecule has 0 saturated carbocycles. The molecule has 0 unspecified atom stereocenters. The average Bonchev–Trinajstić information content (AvgIpc) is 3.41. The molecule has 0 saturated heterocycles. The van der Waals surface area contributed by atoms with Crippen LogP contribution in [0.3, 0.4) is 0 Å². The Morgan fingerprint density at radius 3 is 2.49 bits per heavy atom. The molecular weight excluding hydrogens is 533 g/mol. The minimum absolute atomic E-state index is 0.108. The number of imidazole rings is 1. The number of benzene rings is 2. The fourth-order valence-electron chi connectivity index (χ4n) is 3.25. The number of hydrogen-bond acceptors (Lipinski definition) is 6. The third-order valence-electron chi connectivity index (χ3n) is 4.97. The van der Waals surface area contributed by atoms with Gasteiger partial charge in [0.25, 0.3) is 11.8 Å². The molecule has 0 aliphatic heterocycles. The number of amides is 2. The van der Waals surface area contributed by atoms with Gasteiger partial charge in [0.1, 0.15) is 10.6 Å². The molecule has 4 rings (SSSR count). The van der Waals surface area contributed by atoms with Gasteiger partial charge < -0.3 is 25.7 Å². The maximum Gasteiger partial charge on any atom is 0.267 e. The van der Waals surface area contributed by atoms with Crippen molar-refractivity contribution in [2.45, 2.75) is 6.54 Å². The standard InChI is InChI=1S/C23H18Cl3N5O3S/c1-34-17-9-14(25)8-16(21(32)29-15-4-2-13(24)3-5-15)19(17)30-22(33)20-18(26)12(11-35-20)10-31-7-6-28-23(31)27/h2-9,11H,10H2,1H3,(H2,27,28)(H,29,32)(H,30,33). The van der Waals surface area contributed by atoms with E-state index in [2.05, 4.69) is 15.6 Å². The molecule has 0 atom stereocenters. The lowest BCUT2D eigenvalue weighted by Gasteiger charge is -2.16. The number of thiophene rings is 1. The second-order valence-electron chi connectivity index (χ2n) is 7.26. The first-order valence-electron chi connectivity index (χ1n) is 10.0. The summed E-state index contributed by atoms with van der Waals surface area (Å²) in [5, 5.41) is 8.34. The van der Waals surface area contributed by atoms with Crippen LogP contribution in [0, 0.1) is 0 Å². The van der Waals surface area contributed by atoms with Crippen molar-refractivity contribution < 1.29 is 14.3 Å². The SMILES string of the molecule is COc1cc(Cl)cc(C(=O)Nc2ccc(Cl)cc2)c1NC(=O)c1scc(Cn2ccnc2N)c1Cl. The van der Waals surface area contributed by atoms with Crippen LogP contribution in [-0.4, -0.2) is 28.5 Å². The summed E-state index contributed by atoms with van der Waals surface area (Å²) in [6, 6.07) is 9.53. The molecule has 0 aliphatic rings. The molecule has 0 spiro atoms. The first-order valence-corrected chi connectivity index (χ1v) is 12.1. The quantitative estimate of drug-likeness (QED) is 0.259. The van der Waals surface area contributed by atoms with Gasteiger partial charge in [0.15, 0.2) is 5.95 Å². The van der Waals surface area contributed by atoms with Crippen LogP contribution in [0.25, 0.3) is 0 Å². The van der Waals surface area contributed by atoms with Gasteiger partial charge in [0.05, 0.1) is 29.9 Å². The molecule has 0 aliphatic carbocycles. The van der Waals surface area contributed by atoms with E-state index in [-0.39, 0.29) is 31.9 Å². The zero-order valence-electron chi connectivity index (χ0n) is 18.1. The maximum atomic E-state index is 13.2. The molecule has 0 bridgehead atoms. The van der Waals surface area contributed by atoms with Crippen molar-refractivity contribution in [2.75, 3.05) is 23.5 Å². The van der Waals surface area contributed by atoms with Crippen molar-refractivity contribution >= 4 is 75.3 Å². The Bertz CT molecular complexity index is 1400. The Hall–Kier alpha value is -3.24. The molecule has 2 aromatic heterocycles. The van der Waals surface area contributed by atoms with E-state index in [4.69, 9.17) is 45.3 Å². The van der Waals surface area contributed by atoms with E-state index in [1.807, 2.05) is 0 Å². The van der Waals surface area contributed by atoms with Gasteiger partial charge in [-0.25, -0.2) is 4.98 Å². The zero-order chi connectivity index (χ0) is 25.1. The van der Waals surface area contributed by atoms with Crippen molar-refractivity contribution in [3.8, 4) is 5.75 Å². The number of methoxy groups -OCH3 is 1. The van der Waals surface area contributed by atoms with Crippen LogP contribution in [-0.2, 0) is 6.54 Å². The van der Waals surface area contributed by atoms with E-state index in [1.165, 1.54) is 30.6 Å². The Morgan fingerprint density at radius 2 is 1.83 bits per heavy atom. The Morgan fingerprint density at radius 1 is 1.09 bits per heavy atom. The van der Waals surface area contributed by atoms with Crippen molar-refractivity contribution in [2.24, 2.45) is 0 Å². The molecule has 2 aromatic carbocycles. The number of carbonyl (C=O) groups excluding carboxylic acids is 2. The average molecular weight is 551 g/mol. The van der Waals surface area contributed by atoms with Gasteiger partial charge in [0, 0.05) is 39.8 Å². The number of nitrogens with zero attached hydrogens (tertiary/aromatic N) is 2. The summed E-state index contributed by atoms with van der Waals surface area (Å²) >= 11 is 19.8. The molecule has 4 N–H and O–H groups in total. The van der Waals surface area contributed by atoms with E-state index in [0.29, 0.717) is 28.8 Å². The van der Waals surface area contributed by atoms with Gasteiger partial charge >= 0.3 is 0 Å². The van der Waals surface area contributed by atoms with Crippen LogP contribution in [0.5, 0.6) is 5.75 Å². The van der Waals surface area contributed by atoms with Crippen molar-refractivity contribution in [1.82, 2.24) is 9.55 Å². The third-order valence-corrected chi connectivity index (χ3v) is 7.01. The summed E-state index contributed by atoms with van der Waals surface area (Å²) in [7, 11) is 1.41. The normalized spacial score (nSPS) is 10.7. The zero-order valence-corrected chi connectivity index (χ0v) is 21.2. The molecule has 0 fully saturated rings. The van der Waals surface area contributed by atoms with Gasteiger partial charge in [-0.3, -0.25) is 9.59 Å². The first kappa shape index (κ1) is 24.9. The van der Waals surface area contributed by atoms with Gasteiger partial charge in [-0.1, -0.05) is 34.8 Å². The predicted octanol–water partition coefficient (Wildman–Crippen LogP) is 6.05. The maximum absolute atomic E-state index is 13.2. The predicted molar refractivity (Wildman–Crippen MR) is 140 cm³/mol. The summed E-state index contributed by atoms with van der Waals surface area (Å²) in [5.74, 6) is -0.463. The number of aromatic nitrogens is 2. The van der Waals surface area contributed by atoms with Gasteiger partial charge in [-0.05, 0) is 35.7 Å². The van der Waals surface area contributed by atoms with E-state index < -0.39 is 11.8 Å². The van der Waals surface area contributed by atoms with E-state index >= 15 is 0 Å². The molecule has 2 heterocycles. The summed E-state index contributed by atoms with van der Waals surface area (Å²) in [6.07, 6.45) is 3.29. The molecule has 12 heteroatoms. The Kier molecular flexibility index (Phi) is 7.51. The fraction of sp³-hybridized carbons (Fsp3) is 0.0870. The largest absolute Gasteiger partial charge is 0.494 e. The monoisotopic (exact) mass is 549 g/mol. The summed E-state index contributed by atoms with van der Waals surface area (Å²) in [4.78, 5) is 30.5. The number of nitrogens with two attached hydrogens (primary N) is 1. The number of nitrogen functional groups attached to an aromatic ring is 1. The fourth-order valence-corrected chi connectivity index (χ4v) is 4.83. The number of ether oxygens (including phenoxy) is 1. The van der Waals surface area contributed by atoms with Crippen molar-refractivity contribution in [3.05, 3.63) is 85.2 Å². The molecule has 2 amide bonds. The minimum Gasteiger partial charge on any atom is -0.494 e. The second-order valence-corrected chi connectivity index (χ2v) is 9.39. The van der Waals surface area contributed by atoms with E-state index in [1.54, 1.807) is 46.6 Å². The summed E-state index contributed by atoms with van der Waals surface area (Å²) in [6.45, 7) is 0.355. The topological polar surface area (TPSA) is 111 Å². The number of carbonyl (C=O) groups is 2. The minimum atomic E-state index is -0.508. The molecule has 4 aromatic rings. The van der Waals surface area contributed by atoms with Crippen LogP contribution < -0.4 is 21.1 Å². The highest BCUT2D eigenvalue weighted by atomic mass is 35.5. The second kappa shape index (κ2) is 10.6. The van der Waals surface area contributed by atoms with Crippen molar-refractivity contribution in [3.63, 3.8) is 0 Å². The van der Waals surface area contributed by atoms with E-state index in [9.17, 15) is 9.59 Å². The first-order chi connectivity index (χ1) is 16.8.